The Morgan fingerprint density at radius 1 is 1.16 bits per heavy atom. The smallest absolute Gasteiger partial charge is 0.417 e. The van der Waals surface area contributed by atoms with E-state index in [4.69, 9.17) is 5.73 Å². The van der Waals surface area contributed by atoms with E-state index >= 15 is 0 Å². The Kier molecular flexibility index (Phi) is 8.57. The zero-order chi connectivity index (χ0) is 33.2. The summed E-state index contributed by atoms with van der Waals surface area (Å²) in [6, 6.07) is -0.385. The van der Waals surface area contributed by atoms with Gasteiger partial charge in [0.25, 0.3) is 5.91 Å². The first-order chi connectivity index (χ1) is 21.0. The van der Waals surface area contributed by atoms with Crippen molar-refractivity contribution in [3.63, 3.8) is 0 Å². The van der Waals surface area contributed by atoms with Crippen LogP contribution in [-0.4, -0.2) is 111 Å². The second kappa shape index (κ2) is 11.7. The number of halogens is 3. The number of nitrogens with two attached hydrogens (primary N) is 1. The maximum absolute atomic E-state index is 14.9. The van der Waals surface area contributed by atoms with Crippen LogP contribution < -0.4 is 5.73 Å². The standard InChI is InChI=1S/C31H39F3N4O7/c1-4-37(9-10-38-7-5-6-8-38)14-16-13-19(39)21-17(23(16)31(32,33)34)11-15-12-18-24(36(2)3)26(41)22(29(35)44)28(43)30(18,45)27(42)20(15)25(21)40/h13,15,18,24,39-40,43,45H,4-12,14H2,1-3H3,(H2,35,44)/t15-,18-,24-,30-/m0/s1. The van der Waals surface area contributed by atoms with Gasteiger partial charge in [-0.05, 0) is 82.5 Å². The Labute approximate surface area is 258 Å². The summed E-state index contributed by atoms with van der Waals surface area (Å²) in [6.45, 7) is 5.26. The third-order valence-electron chi connectivity index (χ3n) is 9.86. The number of benzene rings is 1. The molecule has 246 valence electrons. The van der Waals surface area contributed by atoms with Crippen molar-refractivity contribution >= 4 is 23.2 Å². The van der Waals surface area contributed by atoms with Crippen molar-refractivity contribution in [1.82, 2.24) is 14.7 Å². The number of phenolic OH excluding ortho intramolecular Hbond substituents is 1. The summed E-state index contributed by atoms with van der Waals surface area (Å²) in [6.07, 6.45) is -3.47. The number of rotatable bonds is 8. The third kappa shape index (κ3) is 5.30. The topological polar surface area (TPSA) is 168 Å². The molecule has 0 radical (unpaired) electrons. The summed E-state index contributed by atoms with van der Waals surface area (Å²) in [5.74, 6) is -8.98. The maximum atomic E-state index is 14.9. The largest absolute Gasteiger partial charge is 0.508 e. The summed E-state index contributed by atoms with van der Waals surface area (Å²) in [4.78, 5) is 44.8. The summed E-state index contributed by atoms with van der Waals surface area (Å²) >= 11 is 0. The fraction of sp³-hybridized carbons (Fsp3) is 0.581. The van der Waals surface area contributed by atoms with Gasteiger partial charge in [0.15, 0.2) is 11.4 Å². The number of nitrogens with zero attached hydrogens (tertiary/aromatic N) is 3. The second-order valence-corrected chi connectivity index (χ2v) is 12.7. The van der Waals surface area contributed by atoms with Crippen molar-refractivity contribution in [3.05, 3.63) is 45.2 Å². The van der Waals surface area contributed by atoms with Gasteiger partial charge in [-0.25, -0.2) is 0 Å². The molecule has 4 aliphatic rings. The molecule has 4 atom stereocenters. The Morgan fingerprint density at radius 2 is 1.80 bits per heavy atom. The number of aliphatic hydroxyl groups is 3. The molecule has 1 heterocycles. The molecule has 0 bridgehead atoms. The summed E-state index contributed by atoms with van der Waals surface area (Å²) < 4.78 is 44.6. The van der Waals surface area contributed by atoms with Gasteiger partial charge >= 0.3 is 6.18 Å². The number of amides is 1. The zero-order valence-corrected chi connectivity index (χ0v) is 25.4. The van der Waals surface area contributed by atoms with Crippen LogP contribution in [0.2, 0.25) is 0 Å². The van der Waals surface area contributed by atoms with Crippen molar-refractivity contribution in [2.45, 2.75) is 57.0 Å². The minimum atomic E-state index is -4.89. The van der Waals surface area contributed by atoms with E-state index in [1.165, 1.54) is 19.0 Å². The van der Waals surface area contributed by atoms with Gasteiger partial charge in [-0.1, -0.05) is 6.92 Å². The minimum absolute atomic E-state index is 0.116. The molecule has 1 saturated heterocycles. The lowest BCUT2D eigenvalue weighted by Crippen LogP contribution is -2.65. The van der Waals surface area contributed by atoms with Crippen LogP contribution in [-0.2, 0) is 33.5 Å². The number of likely N-dealkylation sites (N-methyl/N-ethyl adjacent to an activating group) is 2. The van der Waals surface area contributed by atoms with E-state index in [2.05, 4.69) is 4.90 Å². The van der Waals surface area contributed by atoms with Gasteiger partial charge < -0.3 is 31.1 Å². The van der Waals surface area contributed by atoms with Crippen LogP contribution in [0.15, 0.2) is 23.0 Å². The van der Waals surface area contributed by atoms with E-state index in [0.29, 0.717) is 19.6 Å². The highest BCUT2D eigenvalue weighted by Crippen LogP contribution is 2.54. The molecule has 1 amide bonds. The number of alkyl halides is 3. The first-order valence-corrected chi connectivity index (χ1v) is 15.1. The molecular weight excluding hydrogens is 597 g/mol. The number of fused-ring (bicyclic) bond motifs is 3. The predicted molar refractivity (Wildman–Crippen MR) is 156 cm³/mol. The Hall–Kier alpha value is -3.46. The third-order valence-corrected chi connectivity index (χ3v) is 9.86. The Morgan fingerprint density at radius 3 is 2.36 bits per heavy atom. The van der Waals surface area contributed by atoms with Gasteiger partial charge in [-0.2, -0.15) is 13.2 Å². The molecule has 14 heteroatoms. The Bertz CT molecular complexity index is 1500. The van der Waals surface area contributed by atoms with Crippen LogP contribution in [0.5, 0.6) is 5.75 Å². The number of likely N-dealkylation sites (tertiary alicyclic amines) is 1. The molecular formula is C31H39F3N4O7. The zero-order valence-electron chi connectivity index (χ0n) is 25.4. The fourth-order valence-electron chi connectivity index (χ4n) is 7.74. The van der Waals surface area contributed by atoms with Crippen LogP contribution >= 0.6 is 0 Å². The molecule has 0 aromatic heterocycles. The van der Waals surface area contributed by atoms with Gasteiger partial charge in [0.05, 0.1) is 17.2 Å². The van der Waals surface area contributed by atoms with E-state index in [9.17, 15) is 48.0 Å². The average molecular weight is 637 g/mol. The van der Waals surface area contributed by atoms with Crippen molar-refractivity contribution in [3.8, 4) is 5.75 Å². The van der Waals surface area contributed by atoms with Gasteiger partial charge in [0.2, 0.25) is 5.78 Å². The number of phenols is 1. The maximum Gasteiger partial charge on any atom is 0.417 e. The lowest BCUT2D eigenvalue weighted by molar-refractivity contribution is -0.153. The number of aromatic hydroxyl groups is 1. The van der Waals surface area contributed by atoms with Crippen LogP contribution in [0.1, 0.15) is 48.4 Å². The van der Waals surface area contributed by atoms with E-state index in [1.807, 2.05) is 11.8 Å². The number of carbonyl (C=O) groups excluding carboxylic acids is 3. The number of primary amides is 1. The van der Waals surface area contributed by atoms with Crippen LogP contribution in [0.25, 0.3) is 5.76 Å². The molecule has 2 fully saturated rings. The first-order valence-electron chi connectivity index (χ1n) is 15.1. The molecule has 6 N–H and O–H groups in total. The van der Waals surface area contributed by atoms with Crippen molar-refractivity contribution in [1.29, 1.82) is 0 Å². The van der Waals surface area contributed by atoms with E-state index in [1.54, 1.807) is 0 Å². The highest BCUT2D eigenvalue weighted by Gasteiger charge is 2.64. The molecule has 5 rings (SSSR count). The molecule has 1 saturated carbocycles. The number of carbonyl (C=O) groups is 3. The molecule has 3 aliphatic carbocycles. The van der Waals surface area contributed by atoms with Gasteiger partial charge in [0, 0.05) is 31.1 Å². The van der Waals surface area contributed by atoms with Gasteiger partial charge in [-0.3, -0.25) is 24.2 Å². The van der Waals surface area contributed by atoms with E-state index in [-0.39, 0.29) is 18.5 Å². The van der Waals surface area contributed by atoms with Crippen molar-refractivity contribution < 1.29 is 48.0 Å². The SMILES string of the molecule is CCN(CCN1CCCC1)Cc1cc(O)c2c(c1C(F)(F)F)C[C@H]1C[C@H]3[C@H](N(C)C)C(=O)C(C(N)=O)=C(O)[C@@]3(O)C(=O)C1=C2O. The second-order valence-electron chi connectivity index (χ2n) is 12.7. The normalized spacial score (nSPS) is 27.4. The molecule has 45 heavy (non-hydrogen) atoms. The van der Waals surface area contributed by atoms with Crippen LogP contribution in [0.3, 0.4) is 0 Å². The lowest BCUT2D eigenvalue weighted by atomic mass is 9.57. The summed E-state index contributed by atoms with van der Waals surface area (Å²) in [5.41, 5.74) is -1.18. The number of hydrogen-bond donors (Lipinski definition) is 5. The quantitative estimate of drug-likeness (QED) is 0.266. The van der Waals surface area contributed by atoms with E-state index < -0.39 is 98.7 Å². The number of hydrogen-bond acceptors (Lipinski definition) is 10. The minimum Gasteiger partial charge on any atom is -0.508 e. The average Bonchev–Trinajstić information content (AvgIpc) is 3.45. The van der Waals surface area contributed by atoms with Gasteiger partial charge in [-0.15, -0.1) is 0 Å². The van der Waals surface area contributed by atoms with Crippen molar-refractivity contribution in [2.24, 2.45) is 17.6 Å². The van der Waals surface area contributed by atoms with Crippen molar-refractivity contribution in [2.75, 3.05) is 46.8 Å². The Balaban J connectivity index is 1.62. The highest BCUT2D eigenvalue weighted by molar-refractivity contribution is 6.24. The van der Waals surface area contributed by atoms with Crippen LogP contribution in [0, 0.1) is 11.8 Å². The molecule has 0 unspecified atom stereocenters. The monoisotopic (exact) mass is 636 g/mol. The number of Topliss-reactive ketones (excluding diaryl/α,β-unsaturated/α-hetero) is 2. The molecule has 11 nitrogen and oxygen atoms in total. The van der Waals surface area contributed by atoms with E-state index in [0.717, 1.165) is 32.0 Å². The first kappa shape index (κ1) is 32.9. The molecule has 1 aromatic rings. The van der Waals surface area contributed by atoms with Crippen LogP contribution in [0.4, 0.5) is 13.2 Å². The molecule has 1 aliphatic heterocycles. The molecule has 1 aromatic carbocycles. The van der Waals surface area contributed by atoms with Gasteiger partial charge in [0.1, 0.15) is 22.8 Å². The predicted octanol–water partition coefficient (Wildman–Crippen LogP) is 1.90. The summed E-state index contributed by atoms with van der Waals surface area (Å²) in [5, 5.41) is 45.0. The fourth-order valence-corrected chi connectivity index (χ4v) is 7.74. The highest BCUT2D eigenvalue weighted by atomic mass is 19.4. The summed E-state index contributed by atoms with van der Waals surface area (Å²) in [7, 11) is 2.89. The number of aliphatic hydroxyl groups excluding tert-OH is 2. The molecule has 0 spiro atoms. The number of ketones is 2. The lowest BCUT2D eigenvalue weighted by Gasteiger charge is -2.50.